The molecule has 3 atom stereocenters. The summed E-state index contributed by atoms with van der Waals surface area (Å²) >= 11 is 12.6. The Morgan fingerprint density at radius 2 is 1.85 bits per heavy atom. The maximum absolute atomic E-state index is 6.29. The molecule has 4 aliphatic carbocycles. The van der Waals surface area contributed by atoms with Crippen molar-refractivity contribution in [2.24, 2.45) is 22.7 Å². The van der Waals surface area contributed by atoms with Crippen LogP contribution >= 0.6 is 23.2 Å². The Bertz CT molecular complexity index is 267. The van der Waals surface area contributed by atoms with Gasteiger partial charge in [-0.3, -0.25) is 0 Å². The van der Waals surface area contributed by atoms with Crippen LogP contribution in [0.4, 0.5) is 0 Å². The van der Waals surface area contributed by atoms with Gasteiger partial charge in [-0.05, 0) is 42.9 Å². The van der Waals surface area contributed by atoms with Crippen molar-refractivity contribution >= 4 is 23.2 Å². The molecule has 0 aliphatic heterocycles. The Labute approximate surface area is 90.0 Å². The first-order valence-electron chi connectivity index (χ1n) is 5.28. The summed E-state index contributed by atoms with van der Waals surface area (Å²) in [6, 6.07) is 0. The Hall–Kier alpha value is 0.580. The smallest absolute Gasteiger partial charge is 0.101 e. The zero-order valence-corrected chi connectivity index (χ0v) is 9.75. The van der Waals surface area contributed by atoms with Gasteiger partial charge in [0.25, 0.3) is 0 Å². The molecule has 13 heavy (non-hydrogen) atoms. The van der Waals surface area contributed by atoms with Crippen LogP contribution in [0.2, 0.25) is 0 Å². The molecule has 74 valence electrons. The van der Waals surface area contributed by atoms with Gasteiger partial charge >= 0.3 is 0 Å². The van der Waals surface area contributed by atoms with Gasteiger partial charge in [0.15, 0.2) is 0 Å². The average molecular weight is 219 g/mol. The number of alkyl halides is 2. The van der Waals surface area contributed by atoms with Crippen LogP contribution in [0, 0.1) is 22.7 Å². The van der Waals surface area contributed by atoms with Gasteiger partial charge < -0.3 is 0 Å². The van der Waals surface area contributed by atoms with Gasteiger partial charge in [0, 0.05) is 5.41 Å². The van der Waals surface area contributed by atoms with Gasteiger partial charge in [-0.2, -0.15) is 0 Å². The largest absolute Gasteiger partial charge is 0.124 e. The molecule has 1 spiro atoms. The molecule has 4 rings (SSSR count). The lowest BCUT2D eigenvalue weighted by Gasteiger charge is -2.61. The van der Waals surface area contributed by atoms with Crippen molar-refractivity contribution in [2.45, 2.75) is 43.9 Å². The molecule has 0 radical (unpaired) electrons. The van der Waals surface area contributed by atoms with Crippen LogP contribution in [0.5, 0.6) is 0 Å². The van der Waals surface area contributed by atoms with Crippen LogP contribution in [-0.4, -0.2) is 4.33 Å². The predicted octanol–water partition coefficient (Wildman–Crippen LogP) is 4.01. The highest BCUT2D eigenvalue weighted by atomic mass is 35.5. The maximum atomic E-state index is 6.29. The van der Waals surface area contributed by atoms with Crippen molar-refractivity contribution < 1.29 is 0 Å². The second-order valence-electron chi connectivity index (χ2n) is 5.88. The standard InChI is InChI=1S/C11H16Cl2/c1-9(2)7-3-4-10(8(9)5-7)6-11(10,12)13/h7-8H,3-6H2,1-2H3/t7-,8+,10-/m0/s1. The lowest BCUT2D eigenvalue weighted by molar-refractivity contribution is -0.117. The molecular formula is C11H16Cl2. The Balaban J connectivity index is 1.94. The van der Waals surface area contributed by atoms with Crippen molar-refractivity contribution in [1.29, 1.82) is 0 Å². The van der Waals surface area contributed by atoms with Gasteiger partial charge in [0.1, 0.15) is 4.33 Å². The molecule has 0 nitrogen and oxygen atoms in total. The number of hydrogen-bond acceptors (Lipinski definition) is 0. The van der Waals surface area contributed by atoms with E-state index in [1.807, 2.05) is 0 Å². The Morgan fingerprint density at radius 3 is 2.15 bits per heavy atom. The summed E-state index contributed by atoms with van der Waals surface area (Å²) in [7, 11) is 0. The lowest BCUT2D eigenvalue weighted by atomic mass is 9.44. The third-order valence-electron chi connectivity index (χ3n) is 5.22. The summed E-state index contributed by atoms with van der Waals surface area (Å²) in [6.07, 6.45) is 5.06. The molecule has 4 saturated carbocycles. The molecule has 0 saturated heterocycles. The molecule has 2 bridgehead atoms. The van der Waals surface area contributed by atoms with Gasteiger partial charge in [-0.1, -0.05) is 13.8 Å². The zero-order valence-electron chi connectivity index (χ0n) is 8.24. The van der Waals surface area contributed by atoms with E-state index >= 15 is 0 Å². The van der Waals surface area contributed by atoms with Crippen LogP contribution in [-0.2, 0) is 0 Å². The van der Waals surface area contributed by atoms with Crippen molar-refractivity contribution in [2.75, 3.05) is 0 Å². The van der Waals surface area contributed by atoms with E-state index in [0.29, 0.717) is 10.8 Å². The summed E-state index contributed by atoms with van der Waals surface area (Å²) in [4.78, 5) is 0. The Morgan fingerprint density at radius 1 is 1.23 bits per heavy atom. The molecule has 0 N–H and O–H groups in total. The van der Waals surface area contributed by atoms with E-state index < -0.39 is 0 Å². The molecule has 0 aromatic carbocycles. The van der Waals surface area contributed by atoms with Crippen LogP contribution in [0.1, 0.15) is 39.5 Å². The second kappa shape index (κ2) is 2.07. The SMILES string of the molecule is CC1(C)[C@H]2CC[C@]3(CC3(Cl)Cl)[C@@H]1C2. The molecule has 4 aliphatic rings. The molecule has 0 unspecified atom stereocenters. The van der Waals surface area contributed by atoms with Gasteiger partial charge in [0.2, 0.25) is 0 Å². The minimum Gasteiger partial charge on any atom is -0.101 e. The zero-order chi connectivity index (χ0) is 9.48. The first-order valence-corrected chi connectivity index (χ1v) is 6.04. The summed E-state index contributed by atoms with van der Waals surface area (Å²) < 4.78 is -0.375. The van der Waals surface area contributed by atoms with Gasteiger partial charge in [-0.15, -0.1) is 23.2 Å². The van der Waals surface area contributed by atoms with E-state index in [4.69, 9.17) is 23.2 Å². The van der Waals surface area contributed by atoms with Crippen LogP contribution in [0.25, 0.3) is 0 Å². The summed E-state index contributed by atoms with van der Waals surface area (Å²) in [5, 5.41) is 0. The quantitative estimate of drug-likeness (QED) is 0.540. The molecular weight excluding hydrogens is 203 g/mol. The lowest BCUT2D eigenvalue weighted by Crippen LogP contribution is -2.54. The topological polar surface area (TPSA) is 0 Å². The summed E-state index contributed by atoms with van der Waals surface area (Å²) in [5.74, 6) is 1.75. The summed E-state index contributed by atoms with van der Waals surface area (Å²) in [5.41, 5.74) is 0.831. The van der Waals surface area contributed by atoms with Crippen LogP contribution in [0.15, 0.2) is 0 Å². The molecule has 4 fully saturated rings. The number of halogens is 2. The molecule has 2 heteroatoms. The first-order chi connectivity index (χ1) is 5.90. The van der Waals surface area contributed by atoms with Gasteiger partial charge in [0.05, 0.1) is 0 Å². The van der Waals surface area contributed by atoms with Gasteiger partial charge in [-0.25, -0.2) is 0 Å². The fourth-order valence-electron chi connectivity index (χ4n) is 4.05. The van der Waals surface area contributed by atoms with E-state index in [-0.39, 0.29) is 4.33 Å². The van der Waals surface area contributed by atoms with E-state index in [2.05, 4.69) is 13.8 Å². The van der Waals surface area contributed by atoms with Crippen molar-refractivity contribution in [3.05, 3.63) is 0 Å². The van der Waals surface area contributed by atoms with E-state index in [9.17, 15) is 0 Å². The van der Waals surface area contributed by atoms with E-state index in [0.717, 1.165) is 18.3 Å². The maximum Gasteiger partial charge on any atom is 0.124 e. The van der Waals surface area contributed by atoms with Crippen LogP contribution < -0.4 is 0 Å². The van der Waals surface area contributed by atoms with Crippen molar-refractivity contribution in [3.63, 3.8) is 0 Å². The predicted molar refractivity (Wildman–Crippen MR) is 56.1 cm³/mol. The highest BCUT2D eigenvalue weighted by Gasteiger charge is 2.76. The van der Waals surface area contributed by atoms with Crippen molar-refractivity contribution in [1.82, 2.24) is 0 Å². The third kappa shape index (κ3) is 0.814. The number of rotatable bonds is 0. The highest BCUT2D eigenvalue weighted by Crippen LogP contribution is 2.81. The molecule has 0 aromatic heterocycles. The first kappa shape index (κ1) is 8.85. The van der Waals surface area contributed by atoms with Crippen LogP contribution in [0.3, 0.4) is 0 Å². The third-order valence-corrected chi connectivity index (χ3v) is 6.24. The fourth-order valence-corrected chi connectivity index (χ4v) is 4.98. The highest BCUT2D eigenvalue weighted by molar-refractivity contribution is 6.51. The molecule has 0 heterocycles. The van der Waals surface area contributed by atoms with E-state index in [1.54, 1.807) is 0 Å². The average Bonchev–Trinajstić information content (AvgIpc) is 2.51. The molecule has 0 amide bonds. The second-order valence-corrected chi connectivity index (χ2v) is 7.37. The number of hydrogen-bond donors (Lipinski definition) is 0. The van der Waals surface area contributed by atoms with Crippen molar-refractivity contribution in [3.8, 4) is 0 Å². The minimum absolute atomic E-state index is 0.314. The molecule has 0 aromatic rings. The normalized spacial score (nSPS) is 54.5. The monoisotopic (exact) mass is 218 g/mol. The Kier molecular flexibility index (Phi) is 1.41. The van der Waals surface area contributed by atoms with E-state index in [1.165, 1.54) is 19.3 Å². The number of fused-ring (bicyclic) bond motifs is 1. The minimum atomic E-state index is -0.375. The summed E-state index contributed by atoms with van der Waals surface area (Å²) in [6.45, 7) is 4.80. The fraction of sp³-hybridized carbons (Fsp3) is 1.00.